The predicted octanol–water partition coefficient (Wildman–Crippen LogP) is 5.68. The van der Waals surface area contributed by atoms with E-state index in [0.717, 1.165) is 34.5 Å². The van der Waals surface area contributed by atoms with Gasteiger partial charge in [-0.15, -0.1) is 5.10 Å². The Morgan fingerprint density at radius 1 is 1.06 bits per heavy atom. The number of nitrogens with zero attached hydrogens (tertiary/aromatic N) is 4. The average Bonchev–Trinajstić information content (AvgIpc) is 3.17. The highest BCUT2D eigenvalue weighted by Crippen LogP contribution is 2.23. The summed E-state index contributed by atoms with van der Waals surface area (Å²) >= 11 is 13.4. The standard InChI is InChI=1S/C23H21Cl2N5OS/c1-13-4-9-18(11-20(13)25)27-21(31)12-32-23-28-22-26-14(2)19(15(3)30(22)29-23)10-16-5-7-17(24)8-6-16/h4-9,11H,10,12H2,1-3H3,(H,27,31). The van der Waals surface area contributed by atoms with Gasteiger partial charge in [0.1, 0.15) is 0 Å². The number of aromatic nitrogens is 4. The summed E-state index contributed by atoms with van der Waals surface area (Å²) in [6.45, 7) is 5.89. The second-order valence-corrected chi connectivity index (χ2v) is 9.26. The second kappa shape index (κ2) is 9.48. The van der Waals surface area contributed by atoms with Gasteiger partial charge in [0, 0.05) is 33.5 Å². The van der Waals surface area contributed by atoms with Gasteiger partial charge in [-0.1, -0.05) is 53.2 Å². The van der Waals surface area contributed by atoms with E-state index < -0.39 is 0 Å². The number of thioether (sulfide) groups is 1. The first-order chi connectivity index (χ1) is 15.3. The number of nitrogens with one attached hydrogen (secondary N) is 1. The smallest absolute Gasteiger partial charge is 0.253 e. The normalized spacial score (nSPS) is 11.2. The van der Waals surface area contributed by atoms with Crippen LogP contribution < -0.4 is 5.32 Å². The number of halogens is 2. The maximum atomic E-state index is 12.3. The van der Waals surface area contributed by atoms with Crippen molar-refractivity contribution in [3.8, 4) is 0 Å². The lowest BCUT2D eigenvalue weighted by Crippen LogP contribution is -2.14. The fourth-order valence-electron chi connectivity index (χ4n) is 3.31. The Bertz CT molecular complexity index is 1300. The third-order valence-electron chi connectivity index (χ3n) is 5.11. The third kappa shape index (κ3) is 5.06. The van der Waals surface area contributed by atoms with Gasteiger partial charge >= 0.3 is 0 Å². The van der Waals surface area contributed by atoms with Crippen LogP contribution in [-0.2, 0) is 11.2 Å². The number of hydrogen-bond donors (Lipinski definition) is 1. The maximum absolute atomic E-state index is 12.3. The molecule has 6 nitrogen and oxygen atoms in total. The number of benzene rings is 2. The van der Waals surface area contributed by atoms with Crippen LogP contribution in [0.15, 0.2) is 47.6 Å². The highest BCUT2D eigenvalue weighted by atomic mass is 35.5. The van der Waals surface area contributed by atoms with Crippen molar-refractivity contribution in [1.82, 2.24) is 19.6 Å². The summed E-state index contributed by atoms with van der Waals surface area (Å²) in [6.07, 6.45) is 0.724. The van der Waals surface area contributed by atoms with Gasteiger partial charge in [0.05, 0.1) is 5.75 Å². The molecule has 0 atom stereocenters. The highest BCUT2D eigenvalue weighted by Gasteiger charge is 2.15. The Morgan fingerprint density at radius 2 is 1.81 bits per heavy atom. The number of aryl methyl sites for hydroxylation is 3. The number of rotatable bonds is 6. The van der Waals surface area contributed by atoms with Gasteiger partial charge in [-0.3, -0.25) is 4.79 Å². The molecule has 1 N–H and O–H groups in total. The van der Waals surface area contributed by atoms with Gasteiger partial charge in [-0.05, 0) is 61.7 Å². The molecule has 0 aliphatic carbocycles. The lowest BCUT2D eigenvalue weighted by molar-refractivity contribution is -0.113. The van der Waals surface area contributed by atoms with Crippen molar-refractivity contribution in [2.75, 3.05) is 11.1 Å². The number of fused-ring (bicyclic) bond motifs is 1. The van der Waals surface area contributed by atoms with E-state index in [2.05, 4.69) is 20.4 Å². The molecule has 4 aromatic rings. The summed E-state index contributed by atoms with van der Waals surface area (Å²) < 4.78 is 1.73. The van der Waals surface area contributed by atoms with Gasteiger partial charge in [0.15, 0.2) is 0 Å². The molecule has 0 unspecified atom stereocenters. The minimum Gasteiger partial charge on any atom is -0.325 e. The Labute approximate surface area is 200 Å². The first-order valence-electron chi connectivity index (χ1n) is 9.96. The van der Waals surface area contributed by atoms with Crippen molar-refractivity contribution in [3.05, 3.63) is 80.6 Å². The average molecular weight is 486 g/mol. The zero-order chi connectivity index (χ0) is 22.8. The van der Waals surface area contributed by atoms with Crippen LogP contribution >= 0.6 is 35.0 Å². The molecule has 9 heteroatoms. The second-order valence-electron chi connectivity index (χ2n) is 7.47. The quantitative estimate of drug-likeness (QED) is 0.355. The number of carbonyl (C=O) groups is 1. The molecular formula is C23H21Cl2N5OS. The summed E-state index contributed by atoms with van der Waals surface area (Å²) in [5.74, 6) is 0.545. The molecule has 2 aromatic carbocycles. The topological polar surface area (TPSA) is 72.2 Å². The Hall–Kier alpha value is -2.61. The first-order valence-corrected chi connectivity index (χ1v) is 11.7. The van der Waals surface area contributed by atoms with Crippen LogP contribution in [-0.4, -0.2) is 31.2 Å². The molecular weight excluding hydrogens is 465 g/mol. The van der Waals surface area contributed by atoms with Crippen molar-refractivity contribution in [2.24, 2.45) is 0 Å². The molecule has 1 amide bonds. The largest absolute Gasteiger partial charge is 0.325 e. The fourth-order valence-corrected chi connectivity index (χ4v) is 4.24. The molecule has 0 saturated heterocycles. The summed E-state index contributed by atoms with van der Waals surface area (Å²) in [5, 5.41) is 9.23. The van der Waals surface area contributed by atoms with Crippen LogP contribution in [0.4, 0.5) is 5.69 Å². The summed E-state index contributed by atoms with van der Waals surface area (Å²) in [7, 11) is 0. The summed E-state index contributed by atoms with van der Waals surface area (Å²) in [5.41, 5.74) is 5.73. The lowest BCUT2D eigenvalue weighted by atomic mass is 10.0. The van der Waals surface area contributed by atoms with E-state index in [1.54, 1.807) is 10.6 Å². The fraction of sp³-hybridized carbons (Fsp3) is 0.217. The van der Waals surface area contributed by atoms with Crippen molar-refractivity contribution < 1.29 is 4.79 Å². The summed E-state index contributed by atoms with van der Waals surface area (Å²) in [4.78, 5) is 21.4. The molecule has 4 rings (SSSR count). The van der Waals surface area contributed by atoms with Crippen molar-refractivity contribution in [2.45, 2.75) is 32.3 Å². The number of carbonyl (C=O) groups excluding carboxylic acids is 1. The molecule has 2 heterocycles. The first kappa shape index (κ1) is 22.6. The number of hydrogen-bond acceptors (Lipinski definition) is 5. The van der Waals surface area contributed by atoms with Gasteiger partial charge in [-0.2, -0.15) is 4.98 Å². The van der Waals surface area contributed by atoms with Crippen LogP contribution in [0.3, 0.4) is 0 Å². The van der Waals surface area contributed by atoms with E-state index in [1.165, 1.54) is 11.8 Å². The van der Waals surface area contributed by atoms with Gasteiger partial charge in [-0.25, -0.2) is 9.50 Å². The zero-order valence-electron chi connectivity index (χ0n) is 17.8. The van der Waals surface area contributed by atoms with Gasteiger partial charge < -0.3 is 5.32 Å². The predicted molar refractivity (Wildman–Crippen MR) is 130 cm³/mol. The molecule has 0 saturated carbocycles. The van der Waals surface area contributed by atoms with E-state index in [0.29, 0.717) is 26.7 Å². The van der Waals surface area contributed by atoms with Crippen molar-refractivity contribution in [1.29, 1.82) is 0 Å². The molecule has 0 spiro atoms. The summed E-state index contributed by atoms with van der Waals surface area (Å²) in [6, 6.07) is 13.2. The minimum atomic E-state index is -0.155. The molecule has 0 bridgehead atoms. The van der Waals surface area contributed by atoms with Crippen LogP contribution in [0.25, 0.3) is 5.78 Å². The van der Waals surface area contributed by atoms with E-state index in [9.17, 15) is 4.79 Å². The molecule has 0 fully saturated rings. The molecule has 32 heavy (non-hydrogen) atoms. The monoisotopic (exact) mass is 485 g/mol. The minimum absolute atomic E-state index is 0.155. The van der Waals surface area contributed by atoms with E-state index in [1.807, 2.05) is 57.2 Å². The van der Waals surface area contributed by atoms with E-state index >= 15 is 0 Å². The van der Waals surface area contributed by atoms with E-state index in [-0.39, 0.29) is 11.7 Å². The molecule has 0 aliphatic rings. The van der Waals surface area contributed by atoms with Gasteiger partial charge in [0.2, 0.25) is 11.1 Å². The highest BCUT2D eigenvalue weighted by molar-refractivity contribution is 7.99. The number of amides is 1. The lowest BCUT2D eigenvalue weighted by Gasteiger charge is -2.10. The molecule has 2 aromatic heterocycles. The molecule has 0 radical (unpaired) electrons. The zero-order valence-corrected chi connectivity index (χ0v) is 20.1. The Morgan fingerprint density at radius 3 is 2.53 bits per heavy atom. The van der Waals surface area contributed by atoms with Crippen LogP contribution in [0.1, 0.15) is 28.1 Å². The SMILES string of the molecule is Cc1ccc(NC(=O)CSc2nc3nc(C)c(Cc4ccc(Cl)cc4)c(C)n3n2)cc1Cl. The molecule has 0 aliphatic heterocycles. The maximum Gasteiger partial charge on any atom is 0.253 e. The Kier molecular flexibility index (Phi) is 6.69. The molecule has 164 valence electrons. The van der Waals surface area contributed by atoms with Gasteiger partial charge in [0.25, 0.3) is 5.78 Å². The van der Waals surface area contributed by atoms with Crippen LogP contribution in [0, 0.1) is 20.8 Å². The Balaban J connectivity index is 1.48. The van der Waals surface area contributed by atoms with Crippen LogP contribution in [0.2, 0.25) is 10.0 Å². The van der Waals surface area contributed by atoms with Crippen molar-refractivity contribution >= 4 is 52.3 Å². The van der Waals surface area contributed by atoms with Crippen LogP contribution in [0.5, 0.6) is 0 Å². The van der Waals surface area contributed by atoms with E-state index in [4.69, 9.17) is 23.2 Å². The third-order valence-corrected chi connectivity index (χ3v) is 6.61. The van der Waals surface area contributed by atoms with Crippen molar-refractivity contribution in [3.63, 3.8) is 0 Å². The number of anilines is 1.